The summed E-state index contributed by atoms with van der Waals surface area (Å²) >= 11 is 0. The summed E-state index contributed by atoms with van der Waals surface area (Å²) in [6, 6.07) is 0.350. The molecule has 1 aliphatic heterocycles. The van der Waals surface area contributed by atoms with Gasteiger partial charge in [-0.3, -0.25) is 0 Å². The predicted octanol–water partition coefficient (Wildman–Crippen LogP) is 0.851. The fourth-order valence-corrected chi connectivity index (χ4v) is 1.37. The maximum Gasteiger partial charge on any atom is 0.0139 e. The Morgan fingerprint density at radius 3 is 2.30 bits per heavy atom. The van der Waals surface area contributed by atoms with E-state index in [1.165, 1.54) is 25.9 Å². The van der Waals surface area contributed by atoms with Crippen molar-refractivity contribution in [3.8, 4) is 0 Å². The molecule has 62 valence electrons. The van der Waals surface area contributed by atoms with E-state index in [0.717, 1.165) is 6.54 Å². The third-order valence-electron chi connectivity index (χ3n) is 1.74. The van der Waals surface area contributed by atoms with Crippen LogP contribution in [-0.2, 0) is 0 Å². The Morgan fingerprint density at radius 2 is 1.90 bits per heavy atom. The lowest BCUT2D eigenvalue weighted by molar-refractivity contribution is 0.321. The quantitative estimate of drug-likeness (QED) is 0.656. The summed E-state index contributed by atoms with van der Waals surface area (Å²) < 4.78 is 0. The summed E-state index contributed by atoms with van der Waals surface area (Å²) in [5.74, 6) is 0. The van der Waals surface area contributed by atoms with Gasteiger partial charge < -0.3 is 10.6 Å². The van der Waals surface area contributed by atoms with Crippen molar-refractivity contribution in [2.75, 3.05) is 19.6 Å². The van der Waals surface area contributed by atoms with Crippen molar-refractivity contribution in [3.63, 3.8) is 0 Å². The lowest BCUT2D eigenvalue weighted by Gasteiger charge is -2.16. The van der Waals surface area contributed by atoms with Crippen LogP contribution in [0.3, 0.4) is 0 Å². The van der Waals surface area contributed by atoms with E-state index < -0.39 is 0 Å². The highest BCUT2D eigenvalue weighted by Crippen LogP contribution is 2.06. The molecule has 0 bridgehead atoms. The Morgan fingerprint density at radius 1 is 1.40 bits per heavy atom. The van der Waals surface area contributed by atoms with E-state index in [-0.39, 0.29) is 12.4 Å². The summed E-state index contributed by atoms with van der Waals surface area (Å²) in [6.45, 7) is 5.68. The second-order valence-corrected chi connectivity index (χ2v) is 2.98. The van der Waals surface area contributed by atoms with E-state index in [1.807, 2.05) is 0 Å². The smallest absolute Gasteiger partial charge is 0.0139 e. The Hall–Kier alpha value is 0.210. The minimum absolute atomic E-state index is 0. The second-order valence-electron chi connectivity index (χ2n) is 2.98. The SMILES string of the molecule is CC(N)CN1CCCC1.Cl. The molecule has 1 fully saturated rings. The highest BCUT2D eigenvalue weighted by Gasteiger charge is 2.11. The van der Waals surface area contributed by atoms with Gasteiger partial charge in [-0.25, -0.2) is 0 Å². The third-order valence-corrected chi connectivity index (χ3v) is 1.74. The van der Waals surface area contributed by atoms with Crippen molar-refractivity contribution >= 4 is 12.4 Å². The molecule has 0 saturated carbocycles. The van der Waals surface area contributed by atoms with E-state index in [4.69, 9.17) is 5.73 Å². The van der Waals surface area contributed by atoms with Crippen molar-refractivity contribution in [1.82, 2.24) is 4.90 Å². The van der Waals surface area contributed by atoms with Gasteiger partial charge in [0, 0.05) is 12.6 Å². The van der Waals surface area contributed by atoms with Gasteiger partial charge in [0.25, 0.3) is 0 Å². The third kappa shape index (κ3) is 3.40. The summed E-state index contributed by atoms with van der Waals surface area (Å²) in [7, 11) is 0. The number of halogens is 1. The fraction of sp³-hybridized carbons (Fsp3) is 1.00. The molecule has 0 spiro atoms. The minimum atomic E-state index is 0. The number of rotatable bonds is 2. The number of hydrogen-bond donors (Lipinski definition) is 1. The first-order valence-electron chi connectivity index (χ1n) is 3.77. The van der Waals surface area contributed by atoms with Gasteiger partial charge in [0.1, 0.15) is 0 Å². The van der Waals surface area contributed by atoms with Crippen LogP contribution >= 0.6 is 12.4 Å². The summed E-state index contributed by atoms with van der Waals surface area (Å²) in [6.07, 6.45) is 2.74. The van der Waals surface area contributed by atoms with Gasteiger partial charge in [-0.05, 0) is 32.9 Å². The molecule has 0 aliphatic carbocycles. The molecule has 10 heavy (non-hydrogen) atoms. The Bertz CT molecular complexity index is 79.7. The van der Waals surface area contributed by atoms with Crippen molar-refractivity contribution in [2.24, 2.45) is 5.73 Å². The monoisotopic (exact) mass is 164 g/mol. The van der Waals surface area contributed by atoms with E-state index in [1.54, 1.807) is 0 Å². The first kappa shape index (κ1) is 10.2. The lowest BCUT2D eigenvalue weighted by Crippen LogP contribution is -2.33. The normalized spacial score (nSPS) is 22.2. The molecule has 1 aliphatic rings. The van der Waals surface area contributed by atoms with Gasteiger partial charge in [0.15, 0.2) is 0 Å². The molecule has 0 aromatic rings. The average Bonchev–Trinajstić information content (AvgIpc) is 2.15. The van der Waals surface area contributed by atoms with Gasteiger partial charge in [-0.2, -0.15) is 0 Å². The molecule has 0 aromatic heterocycles. The molecular weight excluding hydrogens is 148 g/mol. The van der Waals surface area contributed by atoms with Gasteiger partial charge in [-0.15, -0.1) is 12.4 Å². The summed E-state index contributed by atoms with van der Waals surface area (Å²) in [5.41, 5.74) is 5.63. The molecule has 1 atom stereocenters. The molecular formula is C7H17ClN2. The van der Waals surface area contributed by atoms with Crippen LogP contribution in [0.4, 0.5) is 0 Å². The Labute approximate surface area is 69.2 Å². The summed E-state index contributed by atoms with van der Waals surface area (Å²) in [5, 5.41) is 0. The van der Waals surface area contributed by atoms with Gasteiger partial charge >= 0.3 is 0 Å². The zero-order valence-corrected chi connectivity index (χ0v) is 7.36. The standard InChI is InChI=1S/C7H16N2.ClH/c1-7(8)6-9-4-2-3-5-9;/h7H,2-6,8H2,1H3;1H. The maximum absolute atomic E-state index is 5.63. The molecule has 2 nitrogen and oxygen atoms in total. The Balaban J connectivity index is 0.000000810. The topological polar surface area (TPSA) is 29.3 Å². The molecule has 0 aromatic carbocycles. The van der Waals surface area contributed by atoms with Crippen LogP contribution in [0.5, 0.6) is 0 Å². The van der Waals surface area contributed by atoms with Crippen LogP contribution < -0.4 is 5.73 Å². The molecule has 1 heterocycles. The maximum atomic E-state index is 5.63. The van der Waals surface area contributed by atoms with E-state index in [9.17, 15) is 0 Å². The van der Waals surface area contributed by atoms with Gasteiger partial charge in [0.05, 0.1) is 0 Å². The average molecular weight is 165 g/mol. The molecule has 0 radical (unpaired) electrons. The van der Waals surface area contributed by atoms with Crippen molar-refractivity contribution < 1.29 is 0 Å². The zero-order chi connectivity index (χ0) is 6.69. The molecule has 1 rings (SSSR count). The van der Waals surface area contributed by atoms with Crippen LogP contribution in [0.15, 0.2) is 0 Å². The summed E-state index contributed by atoms with van der Waals surface area (Å²) in [4.78, 5) is 2.44. The van der Waals surface area contributed by atoms with E-state index in [2.05, 4.69) is 11.8 Å². The largest absolute Gasteiger partial charge is 0.327 e. The first-order chi connectivity index (χ1) is 4.29. The van der Waals surface area contributed by atoms with Gasteiger partial charge in [-0.1, -0.05) is 0 Å². The first-order valence-corrected chi connectivity index (χ1v) is 3.77. The van der Waals surface area contributed by atoms with Crippen LogP contribution in [0.2, 0.25) is 0 Å². The van der Waals surface area contributed by atoms with Crippen molar-refractivity contribution in [3.05, 3.63) is 0 Å². The molecule has 3 heteroatoms. The number of hydrogen-bond acceptors (Lipinski definition) is 2. The fourth-order valence-electron chi connectivity index (χ4n) is 1.37. The predicted molar refractivity (Wildman–Crippen MR) is 46.6 cm³/mol. The molecule has 0 amide bonds. The molecule has 1 saturated heterocycles. The molecule has 2 N–H and O–H groups in total. The second kappa shape index (κ2) is 4.94. The zero-order valence-electron chi connectivity index (χ0n) is 6.55. The number of nitrogens with two attached hydrogens (primary N) is 1. The lowest BCUT2D eigenvalue weighted by atomic mass is 10.3. The van der Waals surface area contributed by atoms with Crippen LogP contribution in [0, 0.1) is 0 Å². The highest BCUT2D eigenvalue weighted by atomic mass is 35.5. The number of likely N-dealkylation sites (tertiary alicyclic amines) is 1. The van der Waals surface area contributed by atoms with E-state index >= 15 is 0 Å². The Kier molecular flexibility index (Phi) is 5.04. The number of nitrogens with zero attached hydrogens (tertiary/aromatic N) is 1. The van der Waals surface area contributed by atoms with E-state index in [0.29, 0.717) is 6.04 Å². The van der Waals surface area contributed by atoms with Crippen LogP contribution in [0.25, 0.3) is 0 Å². The van der Waals surface area contributed by atoms with Crippen molar-refractivity contribution in [1.29, 1.82) is 0 Å². The molecule has 1 unspecified atom stereocenters. The van der Waals surface area contributed by atoms with Gasteiger partial charge in [0.2, 0.25) is 0 Å². The highest BCUT2D eigenvalue weighted by molar-refractivity contribution is 5.85. The van der Waals surface area contributed by atoms with Crippen molar-refractivity contribution in [2.45, 2.75) is 25.8 Å². The van der Waals surface area contributed by atoms with Crippen LogP contribution in [-0.4, -0.2) is 30.6 Å². The van der Waals surface area contributed by atoms with Crippen LogP contribution in [0.1, 0.15) is 19.8 Å². The minimum Gasteiger partial charge on any atom is -0.327 e.